The second-order valence-electron chi connectivity index (χ2n) is 3.97. The summed E-state index contributed by atoms with van der Waals surface area (Å²) in [4.78, 5) is 11.1. The Morgan fingerprint density at radius 3 is 1.89 bits per heavy atom. The van der Waals surface area contributed by atoms with Crippen LogP contribution in [0.25, 0.3) is 0 Å². The van der Waals surface area contributed by atoms with Gasteiger partial charge in [0.05, 0.1) is 6.61 Å². The van der Waals surface area contributed by atoms with Crippen molar-refractivity contribution in [1.82, 2.24) is 0 Å². The lowest BCUT2D eigenvalue weighted by Gasteiger charge is -2.32. The van der Waals surface area contributed by atoms with Crippen molar-refractivity contribution in [3.8, 4) is 0 Å². The first kappa shape index (κ1) is 17.4. The Balaban J connectivity index is 4.85. The molecule has 18 heavy (non-hydrogen) atoms. The number of Topliss-reactive ketones (excluding diaryl/α,β-unsaturated/α-hetero) is 1. The molecule has 0 fully saturated rings. The summed E-state index contributed by atoms with van der Waals surface area (Å²) in [5, 5.41) is 29.2. The van der Waals surface area contributed by atoms with Crippen molar-refractivity contribution in [2.75, 3.05) is 27.9 Å². The molecule has 0 spiro atoms. The normalized spacial score (nSPS) is 19.9. The SMILES string of the molecule is COC[C@@H](O)[C@H](O)[C@H](OC)[C@@H](OC)C(O)C(C)=O. The maximum atomic E-state index is 11.1. The standard InChI is InChI=1S/C11H22O7/c1-6(12)8(14)10(17-3)11(18-4)9(15)7(13)5-16-2/h7-11,13-15H,5H2,1-4H3/t7-,8?,9+,10+,11+/m1/s1. The predicted octanol–water partition coefficient (Wildman–Crippen LogP) is -1.67. The van der Waals surface area contributed by atoms with Crippen molar-refractivity contribution in [2.45, 2.75) is 37.4 Å². The molecule has 0 radical (unpaired) electrons. The van der Waals surface area contributed by atoms with E-state index in [0.29, 0.717) is 0 Å². The quantitative estimate of drug-likeness (QED) is 0.458. The van der Waals surface area contributed by atoms with Crippen LogP contribution in [0.1, 0.15) is 6.92 Å². The van der Waals surface area contributed by atoms with Crippen molar-refractivity contribution >= 4 is 5.78 Å². The van der Waals surface area contributed by atoms with Crippen LogP contribution in [0.5, 0.6) is 0 Å². The van der Waals surface area contributed by atoms with Crippen LogP contribution in [-0.4, -0.2) is 79.6 Å². The zero-order valence-corrected chi connectivity index (χ0v) is 11.1. The van der Waals surface area contributed by atoms with Gasteiger partial charge in [0, 0.05) is 21.3 Å². The molecular formula is C11H22O7. The van der Waals surface area contributed by atoms with Crippen LogP contribution in [0.15, 0.2) is 0 Å². The molecule has 3 N–H and O–H groups in total. The van der Waals surface area contributed by atoms with Gasteiger partial charge in [-0.15, -0.1) is 0 Å². The fraction of sp³-hybridized carbons (Fsp3) is 0.909. The molecule has 0 aromatic heterocycles. The van der Waals surface area contributed by atoms with Gasteiger partial charge in [-0.1, -0.05) is 0 Å². The number of carbonyl (C=O) groups excluding carboxylic acids is 1. The first-order valence-electron chi connectivity index (χ1n) is 5.49. The zero-order chi connectivity index (χ0) is 14.3. The van der Waals surface area contributed by atoms with E-state index in [2.05, 4.69) is 0 Å². The maximum absolute atomic E-state index is 11.1. The van der Waals surface area contributed by atoms with Gasteiger partial charge in [-0.3, -0.25) is 4.79 Å². The lowest BCUT2D eigenvalue weighted by molar-refractivity contribution is -0.169. The number of rotatable bonds is 9. The van der Waals surface area contributed by atoms with E-state index in [1.165, 1.54) is 28.3 Å². The third kappa shape index (κ3) is 4.60. The van der Waals surface area contributed by atoms with Gasteiger partial charge in [0.1, 0.15) is 30.5 Å². The molecule has 108 valence electrons. The topological polar surface area (TPSA) is 105 Å². The number of ketones is 1. The summed E-state index contributed by atoms with van der Waals surface area (Å²) in [6.45, 7) is 1.09. The Morgan fingerprint density at radius 1 is 1.06 bits per heavy atom. The minimum Gasteiger partial charge on any atom is -0.388 e. The van der Waals surface area contributed by atoms with E-state index in [4.69, 9.17) is 14.2 Å². The molecule has 0 heterocycles. The summed E-state index contributed by atoms with van der Waals surface area (Å²) in [7, 11) is 3.93. The third-order valence-electron chi connectivity index (χ3n) is 2.66. The molecule has 0 amide bonds. The van der Waals surface area contributed by atoms with Gasteiger partial charge in [0.2, 0.25) is 0 Å². The molecule has 0 saturated heterocycles. The molecular weight excluding hydrogens is 244 g/mol. The number of aliphatic hydroxyl groups is 3. The van der Waals surface area contributed by atoms with E-state index in [1.807, 2.05) is 0 Å². The van der Waals surface area contributed by atoms with E-state index in [1.54, 1.807) is 0 Å². The van der Waals surface area contributed by atoms with Crippen LogP contribution < -0.4 is 0 Å². The first-order chi connectivity index (χ1) is 8.40. The molecule has 0 rings (SSSR count). The maximum Gasteiger partial charge on any atom is 0.160 e. The van der Waals surface area contributed by atoms with Crippen molar-refractivity contribution < 1.29 is 34.3 Å². The van der Waals surface area contributed by atoms with Crippen molar-refractivity contribution in [1.29, 1.82) is 0 Å². The fourth-order valence-electron chi connectivity index (χ4n) is 1.63. The van der Waals surface area contributed by atoms with Gasteiger partial charge in [-0.05, 0) is 6.92 Å². The number of carbonyl (C=O) groups is 1. The molecule has 0 saturated carbocycles. The van der Waals surface area contributed by atoms with Crippen LogP contribution in [0, 0.1) is 0 Å². The van der Waals surface area contributed by atoms with E-state index in [-0.39, 0.29) is 6.61 Å². The minimum atomic E-state index is -1.44. The molecule has 0 aromatic carbocycles. The Hall–Kier alpha value is -0.570. The van der Waals surface area contributed by atoms with Crippen molar-refractivity contribution in [2.24, 2.45) is 0 Å². The molecule has 7 heteroatoms. The molecule has 5 atom stereocenters. The number of hydrogen-bond acceptors (Lipinski definition) is 7. The monoisotopic (exact) mass is 266 g/mol. The van der Waals surface area contributed by atoms with E-state index in [0.717, 1.165) is 0 Å². The number of methoxy groups -OCH3 is 3. The molecule has 0 aromatic rings. The van der Waals surface area contributed by atoms with Crippen LogP contribution in [-0.2, 0) is 19.0 Å². The molecule has 0 aliphatic rings. The number of ether oxygens (including phenoxy) is 3. The van der Waals surface area contributed by atoms with Crippen LogP contribution in [0.4, 0.5) is 0 Å². The van der Waals surface area contributed by atoms with Crippen LogP contribution in [0.2, 0.25) is 0 Å². The highest BCUT2D eigenvalue weighted by Gasteiger charge is 2.38. The lowest BCUT2D eigenvalue weighted by Crippen LogP contribution is -2.53. The summed E-state index contributed by atoms with van der Waals surface area (Å²) in [6.07, 6.45) is -6.14. The molecule has 0 bridgehead atoms. The Bertz CT molecular complexity index is 246. The largest absolute Gasteiger partial charge is 0.388 e. The van der Waals surface area contributed by atoms with Crippen molar-refractivity contribution in [3.05, 3.63) is 0 Å². The van der Waals surface area contributed by atoms with Gasteiger partial charge >= 0.3 is 0 Å². The Morgan fingerprint density at radius 2 is 1.56 bits per heavy atom. The molecule has 7 nitrogen and oxygen atoms in total. The van der Waals surface area contributed by atoms with Gasteiger partial charge in [-0.2, -0.15) is 0 Å². The third-order valence-corrected chi connectivity index (χ3v) is 2.66. The first-order valence-corrected chi connectivity index (χ1v) is 5.49. The van der Waals surface area contributed by atoms with Crippen LogP contribution >= 0.6 is 0 Å². The van der Waals surface area contributed by atoms with E-state index >= 15 is 0 Å². The number of hydrogen-bond donors (Lipinski definition) is 3. The lowest BCUT2D eigenvalue weighted by atomic mass is 9.97. The Kier molecular flexibility index (Phi) is 8.25. The minimum absolute atomic E-state index is 0.104. The highest BCUT2D eigenvalue weighted by atomic mass is 16.5. The average Bonchev–Trinajstić information content (AvgIpc) is 2.34. The van der Waals surface area contributed by atoms with E-state index in [9.17, 15) is 20.1 Å². The van der Waals surface area contributed by atoms with Gasteiger partial charge in [-0.25, -0.2) is 0 Å². The average molecular weight is 266 g/mol. The molecule has 0 aliphatic heterocycles. The second kappa shape index (κ2) is 8.52. The zero-order valence-electron chi connectivity index (χ0n) is 11.1. The summed E-state index contributed by atoms with van der Waals surface area (Å²) in [6, 6.07) is 0. The van der Waals surface area contributed by atoms with Crippen molar-refractivity contribution in [3.63, 3.8) is 0 Å². The predicted molar refractivity (Wildman–Crippen MR) is 62.2 cm³/mol. The fourth-order valence-corrected chi connectivity index (χ4v) is 1.63. The van der Waals surface area contributed by atoms with E-state index < -0.39 is 36.3 Å². The molecule has 1 unspecified atom stereocenters. The smallest absolute Gasteiger partial charge is 0.160 e. The van der Waals surface area contributed by atoms with Gasteiger partial charge < -0.3 is 29.5 Å². The van der Waals surface area contributed by atoms with Crippen LogP contribution in [0.3, 0.4) is 0 Å². The summed E-state index contributed by atoms with van der Waals surface area (Å²) >= 11 is 0. The summed E-state index contributed by atoms with van der Waals surface area (Å²) < 4.78 is 14.7. The van der Waals surface area contributed by atoms with Gasteiger partial charge in [0.25, 0.3) is 0 Å². The molecule has 0 aliphatic carbocycles. The highest BCUT2D eigenvalue weighted by Crippen LogP contribution is 2.15. The Labute approximate surface area is 106 Å². The summed E-state index contributed by atoms with van der Waals surface area (Å²) in [5.74, 6) is -0.516. The highest BCUT2D eigenvalue weighted by molar-refractivity contribution is 5.80. The summed E-state index contributed by atoms with van der Waals surface area (Å²) in [5.41, 5.74) is 0. The van der Waals surface area contributed by atoms with Gasteiger partial charge in [0.15, 0.2) is 5.78 Å². The second-order valence-corrected chi connectivity index (χ2v) is 3.97. The number of aliphatic hydroxyl groups excluding tert-OH is 3.